The summed E-state index contributed by atoms with van der Waals surface area (Å²) < 4.78 is 5.72. The quantitative estimate of drug-likeness (QED) is 0.814. The Labute approximate surface area is 157 Å². The molecule has 1 atom stereocenters. The van der Waals surface area contributed by atoms with Gasteiger partial charge in [-0.2, -0.15) is 0 Å². The number of ketones is 1. The number of ether oxygens (including phenoxy) is 1. The van der Waals surface area contributed by atoms with E-state index in [2.05, 4.69) is 0 Å². The monoisotopic (exact) mass is 367 g/mol. The third-order valence-electron chi connectivity index (χ3n) is 4.65. The maximum atomic E-state index is 12.7. The molecule has 27 heavy (non-hydrogen) atoms. The van der Waals surface area contributed by atoms with E-state index in [9.17, 15) is 19.5 Å². The predicted octanol–water partition coefficient (Wildman–Crippen LogP) is 3.76. The normalized spacial score (nSPS) is 16.6. The van der Waals surface area contributed by atoms with Crippen LogP contribution in [0.3, 0.4) is 0 Å². The summed E-state index contributed by atoms with van der Waals surface area (Å²) >= 11 is 0. The Kier molecular flexibility index (Phi) is 5.54. The number of rotatable bonds is 5. The Bertz CT molecular complexity index is 842. The van der Waals surface area contributed by atoms with E-state index in [0.717, 1.165) is 12.8 Å². The number of hydrogen-bond acceptors (Lipinski definition) is 4. The topological polar surface area (TPSA) is 83.9 Å². The zero-order chi connectivity index (χ0) is 19.4. The Morgan fingerprint density at radius 2 is 1.48 bits per heavy atom. The predicted molar refractivity (Wildman–Crippen MR) is 99.3 cm³/mol. The summed E-state index contributed by atoms with van der Waals surface area (Å²) in [7, 11) is 0. The summed E-state index contributed by atoms with van der Waals surface area (Å²) in [5.74, 6) is -0.116. The second-order valence-electron chi connectivity index (χ2n) is 6.56. The van der Waals surface area contributed by atoms with Gasteiger partial charge in [-0.15, -0.1) is 0 Å². The summed E-state index contributed by atoms with van der Waals surface area (Å²) in [5, 5.41) is 9.33. The molecule has 2 aromatic carbocycles. The van der Waals surface area contributed by atoms with E-state index in [4.69, 9.17) is 4.74 Å². The number of nitrogens with zero attached hydrogens (tertiary/aromatic N) is 1. The molecule has 1 fully saturated rings. The molecule has 1 aliphatic heterocycles. The first-order valence-electron chi connectivity index (χ1n) is 8.88. The van der Waals surface area contributed by atoms with E-state index in [1.807, 2.05) is 0 Å². The van der Waals surface area contributed by atoms with Gasteiger partial charge in [0.05, 0.1) is 0 Å². The number of hydrogen-bond donors (Lipinski definition) is 1. The zero-order valence-corrected chi connectivity index (χ0v) is 15.1. The van der Waals surface area contributed by atoms with Gasteiger partial charge in [0.15, 0.2) is 5.78 Å². The third-order valence-corrected chi connectivity index (χ3v) is 4.65. The SMILES string of the molecule is CC(=O)c1ccc(Oc2ccc(C(=O)N3CCCCC3C(=O)O)cc2)cc1. The number of aliphatic carboxylic acids is 1. The van der Waals surface area contributed by atoms with Crippen molar-refractivity contribution in [3.8, 4) is 11.5 Å². The first-order valence-corrected chi connectivity index (χ1v) is 8.88. The molecule has 0 radical (unpaired) electrons. The van der Waals surface area contributed by atoms with E-state index >= 15 is 0 Å². The molecular formula is C21H21NO5. The van der Waals surface area contributed by atoms with Crippen LogP contribution in [-0.4, -0.2) is 40.3 Å². The van der Waals surface area contributed by atoms with E-state index in [1.165, 1.54) is 11.8 Å². The van der Waals surface area contributed by atoms with Crippen LogP contribution in [0.2, 0.25) is 0 Å². The minimum atomic E-state index is -0.961. The fraction of sp³-hybridized carbons (Fsp3) is 0.286. The van der Waals surface area contributed by atoms with E-state index in [-0.39, 0.29) is 11.7 Å². The first-order chi connectivity index (χ1) is 13.0. The van der Waals surface area contributed by atoms with Crippen LogP contribution < -0.4 is 4.74 Å². The Hall–Kier alpha value is -3.15. The molecule has 3 rings (SSSR count). The van der Waals surface area contributed by atoms with Crippen molar-refractivity contribution in [2.45, 2.75) is 32.2 Å². The van der Waals surface area contributed by atoms with Crippen molar-refractivity contribution in [1.82, 2.24) is 4.90 Å². The molecule has 6 heteroatoms. The molecular weight excluding hydrogens is 346 g/mol. The standard InChI is InChI=1S/C21H21NO5/c1-14(23)15-5-9-17(10-6-15)27-18-11-7-16(8-12-18)20(24)22-13-3-2-4-19(22)21(25)26/h5-12,19H,2-4,13H2,1H3,(H,25,26). The van der Waals surface area contributed by atoms with Gasteiger partial charge in [-0.3, -0.25) is 9.59 Å². The van der Waals surface area contributed by atoms with Gasteiger partial charge < -0.3 is 14.7 Å². The van der Waals surface area contributed by atoms with Crippen LogP contribution in [0.4, 0.5) is 0 Å². The van der Waals surface area contributed by atoms with E-state index < -0.39 is 12.0 Å². The smallest absolute Gasteiger partial charge is 0.326 e. The number of likely N-dealkylation sites (tertiary alicyclic amines) is 1. The number of carbonyl (C=O) groups excluding carboxylic acids is 2. The second kappa shape index (κ2) is 8.03. The van der Waals surface area contributed by atoms with Crippen molar-refractivity contribution in [2.75, 3.05) is 6.54 Å². The van der Waals surface area contributed by atoms with Crippen LogP contribution in [0, 0.1) is 0 Å². The summed E-state index contributed by atoms with van der Waals surface area (Å²) in [6, 6.07) is 12.7. The highest BCUT2D eigenvalue weighted by Gasteiger charge is 2.32. The Morgan fingerprint density at radius 1 is 0.926 bits per heavy atom. The Morgan fingerprint density at radius 3 is 2.00 bits per heavy atom. The number of piperidine rings is 1. The molecule has 1 amide bonds. The van der Waals surface area contributed by atoms with Gasteiger partial charge in [0, 0.05) is 17.7 Å². The van der Waals surface area contributed by atoms with Crippen molar-refractivity contribution < 1.29 is 24.2 Å². The molecule has 0 aromatic heterocycles. The fourth-order valence-corrected chi connectivity index (χ4v) is 3.16. The number of benzene rings is 2. The summed E-state index contributed by atoms with van der Waals surface area (Å²) in [5.41, 5.74) is 1.04. The second-order valence-corrected chi connectivity index (χ2v) is 6.56. The van der Waals surface area contributed by atoms with Gasteiger partial charge in [-0.25, -0.2) is 4.79 Å². The largest absolute Gasteiger partial charge is 0.480 e. The number of amides is 1. The third kappa shape index (κ3) is 4.34. The summed E-state index contributed by atoms with van der Waals surface area (Å²) in [4.78, 5) is 36.8. The number of carbonyl (C=O) groups is 3. The van der Waals surface area contributed by atoms with Crippen LogP contribution >= 0.6 is 0 Å². The first kappa shape index (κ1) is 18.6. The molecule has 1 heterocycles. The van der Waals surface area contributed by atoms with Crippen LogP contribution in [-0.2, 0) is 4.79 Å². The molecule has 1 saturated heterocycles. The maximum Gasteiger partial charge on any atom is 0.326 e. The zero-order valence-electron chi connectivity index (χ0n) is 15.1. The van der Waals surface area contributed by atoms with Gasteiger partial charge in [0.1, 0.15) is 17.5 Å². The molecule has 1 unspecified atom stereocenters. The molecule has 0 spiro atoms. The molecule has 6 nitrogen and oxygen atoms in total. The number of carboxylic acid groups (broad SMARTS) is 1. The summed E-state index contributed by atoms with van der Waals surface area (Å²) in [6.07, 6.45) is 2.11. The highest BCUT2D eigenvalue weighted by Crippen LogP contribution is 2.24. The highest BCUT2D eigenvalue weighted by atomic mass is 16.5. The van der Waals surface area contributed by atoms with Crippen molar-refractivity contribution >= 4 is 17.7 Å². The van der Waals surface area contributed by atoms with Gasteiger partial charge in [0.25, 0.3) is 5.91 Å². The van der Waals surface area contributed by atoms with Gasteiger partial charge in [0.2, 0.25) is 0 Å². The van der Waals surface area contributed by atoms with Crippen molar-refractivity contribution in [1.29, 1.82) is 0 Å². The average molecular weight is 367 g/mol. The minimum absolute atomic E-state index is 0.0122. The lowest BCUT2D eigenvalue weighted by Gasteiger charge is -2.33. The van der Waals surface area contributed by atoms with Gasteiger partial charge in [-0.1, -0.05) is 0 Å². The Balaban J connectivity index is 1.70. The van der Waals surface area contributed by atoms with Crippen molar-refractivity contribution in [3.05, 3.63) is 59.7 Å². The van der Waals surface area contributed by atoms with E-state index in [0.29, 0.717) is 35.6 Å². The lowest BCUT2D eigenvalue weighted by Crippen LogP contribution is -2.47. The van der Waals surface area contributed by atoms with E-state index in [1.54, 1.807) is 48.5 Å². The number of Topliss-reactive ketones (excluding diaryl/α,β-unsaturated/α-hetero) is 1. The molecule has 1 aliphatic rings. The van der Waals surface area contributed by atoms with Gasteiger partial charge >= 0.3 is 5.97 Å². The van der Waals surface area contributed by atoms with Crippen molar-refractivity contribution in [3.63, 3.8) is 0 Å². The van der Waals surface area contributed by atoms with Crippen LogP contribution in [0.5, 0.6) is 11.5 Å². The number of carboxylic acids is 1. The molecule has 140 valence electrons. The lowest BCUT2D eigenvalue weighted by atomic mass is 10.0. The summed E-state index contributed by atoms with van der Waals surface area (Å²) in [6.45, 7) is 1.96. The molecule has 0 aliphatic carbocycles. The molecule has 2 aromatic rings. The maximum absolute atomic E-state index is 12.7. The highest BCUT2D eigenvalue weighted by molar-refractivity contribution is 5.97. The fourth-order valence-electron chi connectivity index (χ4n) is 3.16. The molecule has 0 saturated carbocycles. The minimum Gasteiger partial charge on any atom is -0.480 e. The van der Waals surface area contributed by atoms with Gasteiger partial charge in [-0.05, 0) is 74.7 Å². The molecule has 1 N–H and O–H groups in total. The molecule has 0 bridgehead atoms. The van der Waals surface area contributed by atoms with Crippen LogP contribution in [0.1, 0.15) is 46.9 Å². The lowest BCUT2D eigenvalue weighted by molar-refractivity contribution is -0.143. The van der Waals surface area contributed by atoms with Crippen LogP contribution in [0.25, 0.3) is 0 Å². The van der Waals surface area contributed by atoms with Crippen molar-refractivity contribution in [2.24, 2.45) is 0 Å². The average Bonchev–Trinajstić information content (AvgIpc) is 2.68. The van der Waals surface area contributed by atoms with Crippen LogP contribution in [0.15, 0.2) is 48.5 Å².